The molecule has 0 amide bonds. The number of rotatable bonds is 3. The summed E-state index contributed by atoms with van der Waals surface area (Å²) in [5, 5.41) is 8.75. The quantitative estimate of drug-likeness (QED) is 0.492. The molecular formula is C13H17NOS. The fourth-order valence-electron chi connectivity index (χ4n) is 1.76. The average molecular weight is 235 g/mol. The molecule has 1 N–H and O–H groups in total. The Morgan fingerprint density at radius 1 is 1.38 bits per heavy atom. The molecule has 1 aromatic carbocycles. The van der Waals surface area contributed by atoms with Gasteiger partial charge in [0, 0.05) is 11.1 Å². The van der Waals surface area contributed by atoms with Gasteiger partial charge in [0.25, 0.3) is 0 Å². The van der Waals surface area contributed by atoms with Gasteiger partial charge in [0.05, 0.1) is 6.61 Å². The lowest BCUT2D eigenvalue weighted by molar-refractivity contribution is -0.400. The second kappa shape index (κ2) is 5.77. The number of allylic oxidation sites excluding steroid dienone is 1. The molecule has 0 aliphatic heterocycles. The molecule has 0 aromatic heterocycles. The molecule has 0 heterocycles. The van der Waals surface area contributed by atoms with Crippen molar-refractivity contribution in [3.8, 4) is 0 Å². The third-order valence-corrected chi connectivity index (χ3v) is 2.68. The lowest BCUT2D eigenvalue weighted by atomic mass is 10.1. The molecule has 0 unspecified atom stereocenters. The van der Waals surface area contributed by atoms with Gasteiger partial charge in [-0.05, 0) is 13.8 Å². The summed E-state index contributed by atoms with van der Waals surface area (Å²) in [5.74, 6) is 0. The highest BCUT2D eigenvalue weighted by Crippen LogP contribution is 2.21. The zero-order valence-corrected chi connectivity index (χ0v) is 10.7. The van der Waals surface area contributed by atoms with E-state index in [0.717, 1.165) is 5.69 Å². The maximum absolute atomic E-state index is 8.75. The van der Waals surface area contributed by atoms with Crippen molar-refractivity contribution in [2.24, 2.45) is 0 Å². The third kappa shape index (κ3) is 3.15. The molecule has 0 fully saturated rings. The Morgan fingerprint density at radius 3 is 2.44 bits per heavy atom. The van der Waals surface area contributed by atoms with E-state index in [2.05, 4.69) is 26.0 Å². The molecule has 0 bridgehead atoms. The standard InChI is InChI=1S/C13H17NOS/c1-10-5-4-6-11(2)13(10)14(3)9-12(16)7-8-15/h4-7,9,15H,8H2,1-3H3/b12-7-,14-9?. The molecule has 0 radical (unpaired) electrons. The summed E-state index contributed by atoms with van der Waals surface area (Å²) in [5.41, 5.74) is 3.59. The first kappa shape index (κ1) is 12.9. The van der Waals surface area contributed by atoms with Crippen LogP contribution in [-0.2, 0) is 12.6 Å². The van der Waals surface area contributed by atoms with E-state index in [0.29, 0.717) is 4.91 Å². The number of aliphatic hydroxyl groups is 1. The highest BCUT2D eigenvalue weighted by atomic mass is 32.1. The zero-order chi connectivity index (χ0) is 12.1. The highest BCUT2D eigenvalue weighted by molar-refractivity contribution is 7.64. The van der Waals surface area contributed by atoms with E-state index in [1.165, 1.54) is 11.1 Å². The van der Waals surface area contributed by atoms with Crippen molar-refractivity contribution < 1.29 is 9.68 Å². The number of aliphatic hydroxyl groups excluding tert-OH is 1. The second-order valence-corrected chi connectivity index (χ2v) is 4.24. The minimum absolute atomic E-state index is 0.0179. The summed E-state index contributed by atoms with van der Waals surface area (Å²) < 4.78 is 2.00. The Bertz CT molecular complexity index is 415. The minimum Gasteiger partial charge on any atom is -0.774 e. The van der Waals surface area contributed by atoms with Gasteiger partial charge in [-0.25, -0.2) is 4.58 Å². The van der Waals surface area contributed by atoms with Gasteiger partial charge in [-0.1, -0.05) is 24.3 Å². The van der Waals surface area contributed by atoms with Crippen molar-refractivity contribution in [1.82, 2.24) is 0 Å². The molecule has 3 heteroatoms. The number of hydrogen-bond donors (Lipinski definition) is 1. The van der Waals surface area contributed by atoms with E-state index < -0.39 is 0 Å². The van der Waals surface area contributed by atoms with Crippen LogP contribution < -0.4 is 0 Å². The van der Waals surface area contributed by atoms with Gasteiger partial charge in [0.15, 0.2) is 0 Å². The first-order valence-corrected chi connectivity index (χ1v) is 5.59. The van der Waals surface area contributed by atoms with Crippen LogP contribution in [0, 0.1) is 13.8 Å². The maximum atomic E-state index is 8.75. The van der Waals surface area contributed by atoms with Crippen molar-refractivity contribution in [3.05, 3.63) is 40.3 Å². The van der Waals surface area contributed by atoms with Crippen LogP contribution in [0.4, 0.5) is 5.69 Å². The smallest absolute Gasteiger partial charge is 0.210 e. The Hall–Kier alpha value is -1.19. The molecule has 0 aliphatic rings. The van der Waals surface area contributed by atoms with Crippen LogP contribution in [0.1, 0.15) is 11.1 Å². The number of benzene rings is 1. The highest BCUT2D eigenvalue weighted by Gasteiger charge is 2.09. The summed E-state index contributed by atoms with van der Waals surface area (Å²) in [6.45, 7) is 4.13. The van der Waals surface area contributed by atoms with E-state index in [1.807, 2.05) is 23.9 Å². The van der Waals surface area contributed by atoms with Crippen molar-refractivity contribution in [2.75, 3.05) is 13.7 Å². The number of nitrogens with zero attached hydrogens (tertiary/aromatic N) is 1. The van der Waals surface area contributed by atoms with Gasteiger partial charge in [0.1, 0.15) is 13.3 Å². The molecule has 86 valence electrons. The van der Waals surface area contributed by atoms with Crippen molar-refractivity contribution in [2.45, 2.75) is 13.8 Å². The van der Waals surface area contributed by atoms with Crippen molar-refractivity contribution in [3.63, 3.8) is 0 Å². The molecule has 0 atom stereocenters. The van der Waals surface area contributed by atoms with E-state index in [1.54, 1.807) is 6.08 Å². The molecule has 0 aliphatic carbocycles. The van der Waals surface area contributed by atoms with Gasteiger partial charge in [-0.3, -0.25) is 0 Å². The van der Waals surface area contributed by atoms with E-state index in [4.69, 9.17) is 17.7 Å². The number of para-hydroxylation sites is 1. The topological polar surface area (TPSA) is 23.2 Å². The zero-order valence-electron chi connectivity index (χ0n) is 9.90. The molecule has 1 rings (SSSR count). The van der Waals surface area contributed by atoms with Crippen LogP contribution in [0.25, 0.3) is 0 Å². The summed E-state index contributed by atoms with van der Waals surface area (Å²) >= 11 is 5.10. The molecule has 0 saturated carbocycles. The predicted molar refractivity (Wildman–Crippen MR) is 70.4 cm³/mol. The minimum atomic E-state index is -0.0179. The predicted octanol–water partition coefficient (Wildman–Crippen LogP) is 2.07. The fourth-order valence-corrected chi connectivity index (χ4v) is 1.99. The molecule has 2 nitrogen and oxygen atoms in total. The van der Waals surface area contributed by atoms with Gasteiger partial charge in [-0.2, -0.15) is 0 Å². The molecule has 0 saturated heterocycles. The average Bonchev–Trinajstić information content (AvgIpc) is 2.17. The first-order valence-electron chi connectivity index (χ1n) is 5.18. The second-order valence-electron chi connectivity index (χ2n) is 3.77. The molecule has 0 spiro atoms. The van der Waals surface area contributed by atoms with Crippen LogP contribution in [0.5, 0.6) is 0 Å². The van der Waals surface area contributed by atoms with Crippen molar-refractivity contribution in [1.29, 1.82) is 0 Å². The van der Waals surface area contributed by atoms with E-state index in [-0.39, 0.29) is 6.61 Å². The first-order chi connectivity index (χ1) is 7.56. The van der Waals surface area contributed by atoms with Gasteiger partial charge in [-0.15, -0.1) is 4.91 Å². The summed E-state index contributed by atoms with van der Waals surface area (Å²) in [7, 11) is 1.97. The van der Waals surface area contributed by atoms with Crippen molar-refractivity contribution >= 4 is 24.5 Å². The Balaban J connectivity index is 3.14. The van der Waals surface area contributed by atoms with Crippen LogP contribution in [0.15, 0.2) is 29.2 Å². The van der Waals surface area contributed by atoms with E-state index >= 15 is 0 Å². The van der Waals surface area contributed by atoms with Crippen LogP contribution in [0.2, 0.25) is 0 Å². The van der Waals surface area contributed by atoms with Gasteiger partial charge < -0.3 is 17.7 Å². The largest absolute Gasteiger partial charge is 0.774 e. The van der Waals surface area contributed by atoms with Crippen LogP contribution in [-0.4, -0.2) is 29.6 Å². The third-order valence-electron chi connectivity index (χ3n) is 2.41. The fraction of sp³-hybridized carbons (Fsp3) is 0.308. The lowest BCUT2D eigenvalue weighted by Crippen LogP contribution is -2.04. The Kier molecular flexibility index (Phi) is 4.65. The molecule has 16 heavy (non-hydrogen) atoms. The molecule has 1 aromatic rings. The normalized spacial score (nSPS) is 13.0. The maximum Gasteiger partial charge on any atom is 0.210 e. The summed E-state index contributed by atoms with van der Waals surface area (Å²) in [6, 6.07) is 6.19. The summed E-state index contributed by atoms with van der Waals surface area (Å²) in [6.07, 6.45) is 3.46. The van der Waals surface area contributed by atoms with Gasteiger partial charge >= 0.3 is 0 Å². The van der Waals surface area contributed by atoms with Crippen LogP contribution in [0.3, 0.4) is 0 Å². The monoisotopic (exact) mass is 235 g/mol. The molecular weight excluding hydrogens is 218 g/mol. The Labute approximate surface area is 102 Å². The lowest BCUT2D eigenvalue weighted by Gasteiger charge is -2.07. The van der Waals surface area contributed by atoms with Crippen LogP contribution >= 0.6 is 0 Å². The number of hydrogen-bond acceptors (Lipinski definition) is 2. The summed E-state index contributed by atoms with van der Waals surface area (Å²) in [4.78, 5) is 0.646. The van der Waals surface area contributed by atoms with E-state index in [9.17, 15) is 0 Å². The van der Waals surface area contributed by atoms with Gasteiger partial charge in [0.2, 0.25) is 5.69 Å². The number of aryl methyl sites for hydroxylation is 2. The SMILES string of the molecule is Cc1cccc(C)c1[N+](C)=C/C([S-])=C/CO. The Morgan fingerprint density at radius 2 is 1.94 bits per heavy atom.